The van der Waals surface area contributed by atoms with Crippen molar-refractivity contribution in [3.8, 4) is 0 Å². The van der Waals surface area contributed by atoms with Crippen molar-refractivity contribution >= 4 is 29.0 Å². The Labute approximate surface area is 154 Å². The number of hydrogen-bond acceptors (Lipinski definition) is 6. The largest absolute Gasteiger partial charge is 0.465 e. The van der Waals surface area contributed by atoms with Crippen molar-refractivity contribution in [3.05, 3.63) is 71.6 Å². The van der Waals surface area contributed by atoms with Crippen molar-refractivity contribution in [3.63, 3.8) is 0 Å². The second-order valence-corrected chi connectivity index (χ2v) is 5.60. The van der Waals surface area contributed by atoms with E-state index in [0.717, 1.165) is 12.1 Å². The molecule has 27 heavy (non-hydrogen) atoms. The number of halogens is 2. The molecule has 0 aliphatic carbocycles. The first-order chi connectivity index (χ1) is 13.0. The molecule has 1 aromatic heterocycles. The summed E-state index contributed by atoms with van der Waals surface area (Å²) in [5.41, 5.74) is 0.923. The van der Waals surface area contributed by atoms with E-state index in [-0.39, 0.29) is 5.69 Å². The average molecular weight is 370 g/mol. The number of methoxy groups -OCH3 is 1. The lowest BCUT2D eigenvalue weighted by atomic mass is 10.2. The van der Waals surface area contributed by atoms with Gasteiger partial charge in [-0.15, -0.1) is 0 Å². The lowest BCUT2D eigenvalue weighted by molar-refractivity contribution is 0.0602. The molecule has 3 aromatic rings. The molecule has 0 aliphatic rings. The fraction of sp³-hybridized carbons (Fsp3) is 0.105. The van der Waals surface area contributed by atoms with Gasteiger partial charge in [-0.05, 0) is 31.2 Å². The smallest absolute Gasteiger partial charge is 0.339 e. The number of ether oxygens (including phenoxy) is 1. The molecule has 2 aromatic carbocycles. The van der Waals surface area contributed by atoms with Crippen LogP contribution in [0, 0.1) is 18.6 Å². The molecular formula is C19H16F2N4O2. The molecule has 0 atom stereocenters. The maximum Gasteiger partial charge on any atom is 0.339 e. The van der Waals surface area contributed by atoms with Gasteiger partial charge < -0.3 is 15.4 Å². The predicted octanol–water partition coefficient (Wildman–Crippen LogP) is 4.34. The van der Waals surface area contributed by atoms with Gasteiger partial charge in [0.2, 0.25) is 0 Å². The summed E-state index contributed by atoms with van der Waals surface area (Å²) in [7, 11) is 1.30. The van der Waals surface area contributed by atoms with Gasteiger partial charge in [0.1, 0.15) is 29.1 Å². The summed E-state index contributed by atoms with van der Waals surface area (Å²) in [6.07, 6.45) is 0. The molecule has 0 bridgehead atoms. The highest BCUT2D eigenvalue weighted by Crippen LogP contribution is 2.24. The zero-order chi connectivity index (χ0) is 19.4. The van der Waals surface area contributed by atoms with Gasteiger partial charge in [0, 0.05) is 12.1 Å². The average Bonchev–Trinajstić information content (AvgIpc) is 2.63. The minimum atomic E-state index is -0.739. The van der Waals surface area contributed by atoms with E-state index in [1.807, 2.05) is 0 Å². The number of nitrogens with one attached hydrogen (secondary N) is 2. The van der Waals surface area contributed by atoms with E-state index < -0.39 is 17.6 Å². The monoisotopic (exact) mass is 370 g/mol. The van der Waals surface area contributed by atoms with Gasteiger partial charge in [-0.1, -0.05) is 12.1 Å². The number of benzene rings is 2. The Kier molecular flexibility index (Phi) is 5.25. The number of aromatic nitrogens is 2. The van der Waals surface area contributed by atoms with Crippen molar-refractivity contribution in [2.24, 2.45) is 0 Å². The summed E-state index contributed by atoms with van der Waals surface area (Å²) < 4.78 is 31.7. The second kappa shape index (κ2) is 7.77. The molecule has 3 rings (SSSR count). The van der Waals surface area contributed by atoms with Gasteiger partial charge in [0.25, 0.3) is 0 Å². The summed E-state index contributed by atoms with van der Waals surface area (Å²) in [5, 5.41) is 5.82. The van der Waals surface area contributed by atoms with E-state index in [4.69, 9.17) is 4.74 Å². The van der Waals surface area contributed by atoms with E-state index in [0.29, 0.717) is 28.7 Å². The summed E-state index contributed by atoms with van der Waals surface area (Å²) in [5.74, 6) is -0.776. The Hall–Kier alpha value is -3.55. The third-order valence-corrected chi connectivity index (χ3v) is 3.63. The van der Waals surface area contributed by atoms with Crippen molar-refractivity contribution in [2.75, 3.05) is 17.7 Å². The Bertz CT molecular complexity index is 995. The molecule has 6 nitrogen and oxygen atoms in total. The van der Waals surface area contributed by atoms with Crippen LogP contribution in [0.4, 0.5) is 31.8 Å². The fourth-order valence-electron chi connectivity index (χ4n) is 2.44. The Balaban J connectivity index is 1.89. The predicted molar refractivity (Wildman–Crippen MR) is 97.5 cm³/mol. The normalized spacial score (nSPS) is 10.4. The SMILES string of the molecule is COC(=O)c1ccccc1Nc1cc(Nc2ccc(F)cc2F)nc(C)n1. The van der Waals surface area contributed by atoms with Gasteiger partial charge in [0.05, 0.1) is 24.0 Å². The molecule has 1 heterocycles. The van der Waals surface area contributed by atoms with Crippen LogP contribution in [0.5, 0.6) is 0 Å². The number of nitrogens with zero attached hydrogens (tertiary/aromatic N) is 2. The number of hydrogen-bond donors (Lipinski definition) is 2. The van der Waals surface area contributed by atoms with Crippen molar-refractivity contribution in [2.45, 2.75) is 6.92 Å². The number of rotatable bonds is 5. The highest BCUT2D eigenvalue weighted by atomic mass is 19.1. The van der Waals surface area contributed by atoms with Crippen molar-refractivity contribution in [1.29, 1.82) is 0 Å². The first-order valence-electron chi connectivity index (χ1n) is 7.98. The molecule has 0 saturated heterocycles. The molecule has 8 heteroatoms. The van der Waals surface area contributed by atoms with Crippen LogP contribution in [0.25, 0.3) is 0 Å². The number of carbonyl (C=O) groups is 1. The van der Waals surface area contributed by atoms with Crippen LogP contribution in [-0.4, -0.2) is 23.0 Å². The number of esters is 1. The second-order valence-electron chi connectivity index (χ2n) is 5.60. The third-order valence-electron chi connectivity index (χ3n) is 3.63. The maximum atomic E-state index is 13.9. The molecule has 0 radical (unpaired) electrons. The number of para-hydroxylation sites is 1. The molecule has 2 N–H and O–H groups in total. The van der Waals surface area contributed by atoms with Crippen LogP contribution in [-0.2, 0) is 4.74 Å². The zero-order valence-electron chi connectivity index (χ0n) is 14.6. The molecule has 0 amide bonds. The maximum absolute atomic E-state index is 13.9. The van der Waals surface area contributed by atoms with Gasteiger partial charge in [0.15, 0.2) is 0 Å². The Morgan fingerprint density at radius 2 is 1.63 bits per heavy atom. The van der Waals surface area contributed by atoms with Crippen LogP contribution < -0.4 is 10.6 Å². The van der Waals surface area contributed by atoms with Gasteiger partial charge in [-0.3, -0.25) is 0 Å². The van der Waals surface area contributed by atoms with Gasteiger partial charge in [-0.25, -0.2) is 23.5 Å². The Morgan fingerprint density at radius 1 is 0.963 bits per heavy atom. The van der Waals surface area contributed by atoms with Crippen LogP contribution in [0.2, 0.25) is 0 Å². The molecular weight excluding hydrogens is 354 g/mol. The van der Waals surface area contributed by atoms with Gasteiger partial charge in [-0.2, -0.15) is 0 Å². The van der Waals surface area contributed by atoms with Crippen LogP contribution >= 0.6 is 0 Å². The van der Waals surface area contributed by atoms with E-state index in [2.05, 4.69) is 20.6 Å². The lowest BCUT2D eigenvalue weighted by Crippen LogP contribution is -2.07. The lowest BCUT2D eigenvalue weighted by Gasteiger charge is -2.12. The van der Waals surface area contributed by atoms with Crippen LogP contribution in [0.1, 0.15) is 16.2 Å². The summed E-state index contributed by atoms with van der Waals surface area (Å²) in [4.78, 5) is 20.3. The molecule has 0 fully saturated rings. The minimum absolute atomic E-state index is 0.0791. The van der Waals surface area contributed by atoms with Gasteiger partial charge >= 0.3 is 5.97 Å². The summed E-state index contributed by atoms with van der Waals surface area (Å²) in [6.45, 7) is 1.67. The quantitative estimate of drug-likeness (QED) is 0.651. The van der Waals surface area contributed by atoms with Crippen LogP contribution in [0.3, 0.4) is 0 Å². The highest BCUT2D eigenvalue weighted by molar-refractivity contribution is 5.96. The highest BCUT2D eigenvalue weighted by Gasteiger charge is 2.13. The molecule has 0 aliphatic heterocycles. The van der Waals surface area contributed by atoms with E-state index >= 15 is 0 Å². The van der Waals surface area contributed by atoms with E-state index in [1.54, 1.807) is 37.3 Å². The van der Waals surface area contributed by atoms with E-state index in [1.165, 1.54) is 13.2 Å². The summed E-state index contributed by atoms with van der Waals surface area (Å²) >= 11 is 0. The first-order valence-corrected chi connectivity index (χ1v) is 7.98. The number of aryl methyl sites for hydroxylation is 1. The Morgan fingerprint density at radius 3 is 2.30 bits per heavy atom. The van der Waals surface area contributed by atoms with Crippen molar-refractivity contribution in [1.82, 2.24) is 9.97 Å². The third kappa shape index (κ3) is 4.35. The molecule has 0 saturated carbocycles. The molecule has 0 unspecified atom stereocenters. The van der Waals surface area contributed by atoms with Crippen LogP contribution in [0.15, 0.2) is 48.5 Å². The zero-order valence-corrected chi connectivity index (χ0v) is 14.6. The van der Waals surface area contributed by atoms with Crippen molar-refractivity contribution < 1.29 is 18.3 Å². The summed E-state index contributed by atoms with van der Waals surface area (Å²) in [6, 6.07) is 11.5. The number of anilines is 4. The molecule has 0 spiro atoms. The first kappa shape index (κ1) is 18.2. The standard InChI is InChI=1S/C19H16F2N4O2/c1-11-22-17(24-15-6-4-3-5-13(15)19(26)27-2)10-18(23-11)25-16-8-7-12(20)9-14(16)21/h3-10H,1-2H3,(H2,22,23,24,25). The minimum Gasteiger partial charge on any atom is -0.465 e. The van der Waals surface area contributed by atoms with E-state index in [9.17, 15) is 13.6 Å². The number of carbonyl (C=O) groups excluding carboxylic acids is 1. The topological polar surface area (TPSA) is 76.1 Å². The fourth-order valence-corrected chi connectivity index (χ4v) is 2.44. The molecule has 138 valence electrons.